The Bertz CT molecular complexity index is 620. The van der Waals surface area contributed by atoms with Gasteiger partial charge in [0, 0.05) is 25.7 Å². The molecule has 1 aromatic heterocycles. The summed E-state index contributed by atoms with van der Waals surface area (Å²) in [5, 5.41) is 4.08. The standard InChI is InChI=1S/C14H17FN4O/c1-18-14(16)11(9-17-18)10-2-3-13(12(15)8-10)19-4-6-20-7-5-19/h2-3,8-9H,4-7,16H2,1H3. The zero-order valence-corrected chi connectivity index (χ0v) is 11.3. The third-order valence-corrected chi connectivity index (χ3v) is 3.60. The fraction of sp³-hybridized carbons (Fsp3) is 0.357. The molecule has 20 heavy (non-hydrogen) atoms. The van der Waals surface area contributed by atoms with Crippen molar-refractivity contribution in [3.63, 3.8) is 0 Å². The van der Waals surface area contributed by atoms with Gasteiger partial charge < -0.3 is 15.4 Å². The number of benzene rings is 1. The number of hydrogen-bond acceptors (Lipinski definition) is 4. The van der Waals surface area contributed by atoms with Gasteiger partial charge in [-0.15, -0.1) is 0 Å². The Hall–Kier alpha value is -2.08. The summed E-state index contributed by atoms with van der Waals surface area (Å²) in [6.45, 7) is 2.70. The third-order valence-electron chi connectivity index (χ3n) is 3.60. The van der Waals surface area contributed by atoms with Crippen LogP contribution in [0.15, 0.2) is 24.4 Å². The number of halogens is 1. The number of rotatable bonds is 2. The lowest BCUT2D eigenvalue weighted by molar-refractivity contribution is 0.122. The van der Waals surface area contributed by atoms with Crippen LogP contribution in [0, 0.1) is 5.82 Å². The van der Waals surface area contributed by atoms with Crippen molar-refractivity contribution in [2.24, 2.45) is 7.05 Å². The van der Waals surface area contributed by atoms with Crippen LogP contribution in [-0.4, -0.2) is 36.1 Å². The monoisotopic (exact) mass is 276 g/mol. The van der Waals surface area contributed by atoms with E-state index >= 15 is 0 Å². The number of nitrogen functional groups attached to an aromatic ring is 1. The van der Waals surface area contributed by atoms with Crippen molar-refractivity contribution in [3.8, 4) is 11.1 Å². The fourth-order valence-corrected chi connectivity index (χ4v) is 2.40. The minimum absolute atomic E-state index is 0.243. The van der Waals surface area contributed by atoms with Crippen molar-refractivity contribution in [3.05, 3.63) is 30.2 Å². The Balaban J connectivity index is 1.92. The molecule has 1 aliphatic heterocycles. The van der Waals surface area contributed by atoms with Gasteiger partial charge in [-0.25, -0.2) is 4.39 Å². The topological polar surface area (TPSA) is 56.3 Å². The second-order valence-electron chi connectivity index (χ2n) is 4.83. The lowest BCUT2D eigenvalue weighted by Gasteiger charge is -2.29. The molecule has 0 spiro atoms. The van der Waals surface area contributed by atoms with Crippen molar-refractivity contribution in [1.82, 2.24) is 9.78 Å². The molecule has 2 N–H and O–H groups in total. The van der Waals surface area contributed by atoms with Crippen LogP contribution in [0.5, 0.6) is 0 Å². The number of nitrogens with zero attached hydrogens (tertiary/aromatic N) is 3. The maximum Gasteiger partial charge on any atom is 0.147 e. The Kier molecular flexibility index (Phi) is 3.31. The Morgan fingerprint density at radius 3 is 2.65 bits per heavy atom. The highest BCUT2D eigenvalue weighted by molar-refractivity contribution is 5.75. The van der Waals surface area contributed by atoms with Crippen LogP contribution < -0.4 is 10.6 Å². The van der Waals surface area contributed by atoms with E-state index in [-0.39, 0.29) is 5.82 Å². The average molecular weight is 276 g/mol. The molecule has 6 heteroatoms. The molecular formula is C14H17FN4O. The smallest absolute Gasteiger partial charge is 0.147 e. The van der Waals surface area contributed by atoms with Crippen LogP contribution >= 0.6 is 0 Å². The van der Waals surface area contributed by atoms with E-state index in [1.54, 1.807) is 24.0 Å². The van der Waals surface area contributed by atoms with E-state index in [1.807, 2.05) is 11.0 Å². The van der Waals surface area contributed by atoms with Crippen molar-refractivity contribution in [2.45, 2.75) is 0 Å². The van der Waals surface area contributed by atoms with Gasteiger partial charge in [-0.05, 0) is 17.7 Å². The predicted octanol–water partition coefficient (Wildman–Crippen LogP) is 1.64. The first-order valence-electron chi connectivity index (χ1n) is 6.57. The Morgan fingerprint density at radius 2 is 2.05 bits per heavy atom. The van der Waals surface area contributed by atoms with E-state index in [4.69, 9.17) is 10.5 Å². The molecule has 0 unspecified atom stereocenters. The Labute approximate surface area is 116 Å². The summed E-state index contributed by atoms with van der Waals surface area (Å²) in [6, 6.07) is 5.18. The molecule has 0 amide bonds. The predicted molar refractivity (Wildman–Crippen MR) is 76.0 cm³/mol. The first kappa shape index (κ1) is 12.9. The van der Waals surface area contributed by atoms with E-state index in [9.17, 15) is 4.39 Å². The summed E-state index contributed by atoms with van der Waals surface area (Å²) >= 11 is 0. The van der Waals surface area contributed by atoms with Crippen molar-refractivity contribution in [2.75, 3.05) is 36.9 Å². The lowest BCUT2D eigenvalue weighted by atomic mass is 10.1. The van der Waals surface area contributed by atoms with Gasteiger partial charge in [0.05, 0.1) is 25.1 Å². The minimum Gasteiger partial charge on any atom is -0.383 e. The molecule has 2 aromatic rings. The molecule has 0 bridgehead atoms. The largest absolute Gasteiger partial charge is 0.383 e. The molecule has 5 nitrogen and oxygen atoms in total. The van der Waals surface area contributed by atoms with E-state index in [0.717, 1.165) is 11.1 Å². The summed E-state index contributed by atoms with van der Waals surface area (Å²) < 4.78 is 21.2. The number of morpholine rings is 1. The molecule has 106 valence electrons. The number of aromatic nitrogens is 2. The molecule has 3 rings (SSSR count). The number of anilines is 2. The SMILES string of the molecule is Cn1ncc(-c2ccc(N3CCOCC3)c(F)c2)c1N. The van der Waals surface area contributed by atoms with Gasteiger partial charge in [-0.3, -0.25) is 4.68 Å². The fourth-order valence-electron chi connectivity index (χ4n) is 2.40. The second kappa shape index (κ2) is 5.13. The van der Waals surface area contributed by atoms with Crippen molar-refractivity contribution < 1.29 is 9.13 Å². The van der Waals surface area contributed by atoms with Crippen LogP contribution in [0.2, 0.25) is 0 Å². The van der Waals surface area contributed by atoms with Gasteiger partial charge in [0.1, 0.15) is 11.6 Å². The van der Waals surface area contributed by atoms with Crippen LogP contribution in [0.1, 0.15) is 0 Å². The van der Waals surface area contributed by atoms with E-state index in [2.05, 4.69) is 5.10 Å². The van der Waals surface area contributed by atoms with Gasteiger partial charge in [-0.1, -0.05) is 6.07 Å². The van der Waals surface area contributed by atoms with Crippen LogP contribution in [0.3, 0.4) is 0 Å². The Morgan fingerprint density at radius 1 is 1.30 bits per heavy atom. The molecule has 0 atom stereocenters. The average Bonchev–Trinajstić information content (AvgIpc) is 2.80. The molecular weight excluding hydrogens is 259 g/mol. The first-order chi connectivity index (χ1) is 9.66. The number of ether oxygens (including phenoxy) is 1. The van der Waals surface area contributed by atoms with E-state index in [0.29, 0.717) is 37.8 Å². The van der Waals surface area contributed by atoms with E-state index in [1.165, 1.54) is 6.07 Å². The number of nitrogens with two attached hydrogens (primary N) is 1. The van der Waals surface area contributed by atoms with Gasteiger partial charge in [0.2, 0.25) is 0 Å². The van der Waals surface area contributed by atoms with Crippen molar-refractivity contribution in [1.29, 1.82) is 0 Å². The molecule has 1 aliphatic rings. The maximum atomic E-state index is 14.3. The van der Waals surface area contributed by atoms with Gasteiger partial charge in [-0.2, -0.15) is 5.10 Å². The highest BCUT2D eigenvalue weighted by atomic mass is 19.1. The first-order valence-corrected chi connectivity index (χ1v) is 6.57. The summed E-state index contributed by atoms with van der Waals surface area (Å²) in [5.74, 6) is 0.288. The molecule has 1 fully saturated rings. The highest BCUT2D eigenvalue weighted by Crippen LogP contribution is 2.29. The zero-order chi connectivity index (χ0) is 14.1. The van der Waals surface area contributed by atoms with Crippen molar-refractivity contribution >= 4 is 11.5 Å². The second-order valence-corrected chi connectivity index (χ2v) is 4.83. The summed E-state index contributed by atoms with van der Waals surface area (Å²) in [6.07, 6.45) is 1.65. The quantitative estimate of drug-likeness (QED) is 0.906. The van der Waals surface area contributed by atoms with Crippen LogP contribution in [0.4, 0.5) is 15.9 Å². The summed E-state index contributed by atoms with van der Waals surface area (Å²) in [7, 11) is 1.76. The van der Waals surface area contributed by atoms with Gasteiger partial charge in [0.15, 0.2) is 0 Å². The third kappa shape index (κ3) is 2.22. The molecule has 1 saturated heterocycles. The van der Waals surface area contributed by atoms with Gasteiger partial charge in [0.25, 0.3) is 0 Å². The normalized spacial score (nSPS) is 15.6. The van der Waals surface area contributed by atoms with E-state index < -0.39 is 0 Å². The summed E-state index contributed by atoms with van der Waals surface area (Å²) in [4.78, 5) is 2.00. The molecule has 0 aliphatic carbocycles. The molecule has 2 heterocycles. The van der Waals surface area contributed by atoms with Crippen LogP contribution in [0.25, 0.3) is 11.1 Å². The number of hydrogen-bond donors (Lipinski definition) is 1. The summed E-state index contributed by atoms with van der Waals surface area (Å²) in [5.41, 5.74) is 8.02. The van der Waals surface area contributed by atoms with Crippen LogP contribution in [-0.2, 0) is 11.8 Å². The molecule has 0 radical (unpaired) electrons. The highest BCUT2D eigenvalue weighted by Gasteiger charge is 2.16. The number of aryl methyl sites for hydroxylation is 1. The lowest BCUT2D eigenvalue weighted by Crippen LogP contribution is -2.36. The maximum absolute atomic E-state index is 14.3. The zero-order valence-electron chi connectivity index (χ0n) is 11.3. The minimum atomic E-state index is -0.243. The van der Waals surface area contributed by atoms with Gasteiger partial charge >= 0.3 is 0 Å². The molecule has 1 aromatic carbocycles. The molecule has 0 saturated carbocycles.